The number of aromatic nitrogens is 3. The van der Waals surface area contributed by atoms with Crippen LogP contribution in [0.5, 0.6) is 0 Å². The fourth-order valence-electron chi connectivity index (χ4n) is 4.17. The van der Waals surface area contributed by atoms with E-state index < -0.39 is 0 Å². The number of thiophene rings is 1. The molecule has 2 heterocycles. The highest BCUT2D eigenvalue weighted by atomic mass is 32.1. The molecule has 4 nitrogen and oxygen atoms in total. The van der Waals surface area contributed by atoms with E-state index in [1.807, 2.05) is 11.7 Å². The molecule has 0 spiro atoms. The SMILES string of the molecule is Cc1c(C(c2cc(CO)c3sccc3c2)C(C)(C)C)ccc2c1nnn2C. The topological polar surface area (TPSA) is 50.9 Å². The van der Waals surface area contributed by atoms with E-state index in [-0.39, 0.29) is 17.9 Å². The third-order valence-corrected chi connectivity index (χ3v) is 6.42. The van der Waals surface area contributed by atoms with Gasteiger partial charge < -0.3 is 5.11 Å². The predicted octanol–water partition coefficient (Wildman–Crippen LogP) is 5.16. The highest BCUT2D eigenvalue weighted by molar-refractivity contribution is 7.17. The van der Waals surface area contributed by atoms with Crippen LogP contribution in [0.15, 0.2) is 35.7 Å². The quantitative estimate of drug-likeness (QED) is 0.535. The normalized spacial score (nSPS) is 13.6. The van der Waals surface area contributed by atoms with Gasteiger partial charge in [-0.15, -0.1) is 16.4 Å². The molecule has 1 N–H and O–H groups in total. The van der Waals surface area contributed by atoms with Crippen LogP contribution < -0.4 is 0 Å². The molecule has 2 aromatic heterocycles. The van der Waals surface area contributed by atoms with Crippen molar-refractivity contribution in [1.29, 1.82) is 0 Å². The lowest BCUT2D eigenvalue weighted by Gasteiger charge is -2.33. The Morgan fingerprint density at radius 1 is 1.19 bits per heavy atom. The van der Waals surface area contributed by atoms with E-state index in [1.54, 1.807) is 11.3 Å². The summed E-state index contributed by atoms with van der Waals surface area (Å²) in [6.45, 7) is 9.02. The van der Waals surface area contributed by atoms with Crippen LogP contribution in [0.3, 0.4) is 0 Å². The van der Waals surface area contributed by atoms with Gasteiger partial charge in [0.25, 0.3) is 0 Å². The van der Waals surface area contributed by atoms with Crippen molar-refractivity contribution in [2.24, 2.45) is 12.5 Å². The summed E-state index contributed by atoms with van der Waals surface area (Å²) in [5, 5.41) is 21.8. The van der Waals surface area contributed by atoms with Crippen LogP contribution in [0.2, 0.25) is 0 Å². The summed E-state index contributed by atoms with van der Waals surface area (Å²) in [4.78, 5) is 0. The molecule has 0 aliphatic rings. The number of aliphatic hydroxyl groups excluding tert-OH is 1. The minimum Gasteiger partial charge on any atom is -0.392 e. The van der Waals surface area contributed by atoms with Gasteiger partial charge in [-0.25, -0.2) is 4.68 Å². The van der Waals surface area contributed by atoms with Crippen LogP contribution in [0.4, 0.5) is 0 Å². The van der Waals surface area contributed by atoms with Crippen LogP contribution in [-0.4, -0.2) is 20.1 Å². The summed E-state index contributed by atoms with van der Waals surface area (Å²) in [6, 6.07) is 10.9. The molecule has 4 rings (SSSR count). The minimum atomic E-state index is 0.0110. The zero-order valence-electron chi connectivity index (χ0n) is 16.4. The molecule has 1 unspecified atom stereocenters. The molecule has 2 aromatic carbocycles. The highest BCUT2D eigenvalue weighted by Crippen LogP contribution is 2.44. The van der Waals surface area contributed by atoms with Crippen LogP contribution in [0.1, 0.15) is 48.9 Å². The molecule has 0 saturated carbocycles. The Balaban J connectivity index is 1.97. The highest BCUT2D eigenvalue weighted by Gasteiger charge is 2.30. The van der Waals surface area contributed by atoms with Gasteiger partial charge >= 0.3 is 0 Å². The second-order valence-electron chi connectivity index (χ2n) is 8.34. The van der Waals surface area contributed by atoms with Crippen molar-refractivity contribution in [3.05, 3.63) is 58.0 Å². The molecule has 0 aliphatic heterocycles. The number of benzene rings is 2. The van der Waals surface area contributed by atoms with E-state index in [4.69, 9.17) is 0 Å². The van der Waals surface area contributed by atoms with Gasteiger partial charge in [-0.2, -0.15) is 0 Å². The lowest BCUT2D eigenvalue weighted by atomic mass is 9.71. The summed E-state index contributed by atoms with van der Waals surface area (Å²) >= 11 is 1.69. The molecule has 1 atom stereocenters. The van der Waals surface area contributed by atoms with Crippen molar-refractivity contribution in [2.75, 3.05) is 0 Å². The Morgan fingerprint density at radius 2 is 1.96 bits per heavy atom. The van der Waals surface area contributed by atoms with Crippen molar-refractivity contribution in [3.63, 3.8) is 0 Å². The van der Waals surface area contributed by atoms with Crippen LogP contribution in [-0.2, 0) is 13.7 Å². The summed E-state index contributed by atoms with van der Waals surface area (Å²) in [5.41, 5.74) is 6.72. The third-order valence-electron chi connectivity index (χ3n) is 5.41. The number of nitrogens with zero attached hydrogens (tertiary/aromatic N) is 3. The largest absolute Gasteiger partial charge is 0.392 e. The van der Waals surface area contributed by atoms with Gasteiger partial charge in [0, 0.05) is 17.7 Å². The number of hydrogen-bond donors (Lipinski definition) is 1. The smallest absolute Gasteiger partial charge is 0.116 e. The Kier molecular flexibility index (Phi) is 4.32. The molecule has 0 aliphatic carbocycles. The summed E-state index contributed by atoms with van der Waals surface area (Å²) in [7, 11) is 1.92. The maximum Gasteiger partial charge on any atom is 0.116 e. The Labute approximate surface area is 163 Å². The first-order valence-electron chi connectivity index (χ1n) is 9.21. The summed E-state index contributed by atoms with van der Waals surface area (Å²) in [6.07, 6.45) is 0. The first-order valence-corrected chi connectivity index (χ1v) is 10.1. The molecule has 27 heavy (non-hydrogen) atoms. The number of rotatable bonds is 3. The Hall–Kier alpha value is -2.24. The monoisotopic (exact) mass is 379 g/mol. The molecule has 0 amide bonds. The number of aliphatic hydroxyl groups is 1. The average molecular weight is 380 g/mol. The molecular weight excluding hydrogens is 354 g/mol. The predicted molar refractivity (Wildman–Crippen MR) is 112 cm³/mol. The van der Waals surface area contributed by atoms with E-state index in [0.29, 0.717) is 0 Å². The second kappa shape index (κ2) is 6.43. The molecule has 0 radical (unpaired) electrons. The van der Waals surface area contributed by atoms with E-state index in [1.165, 1.54) is 26.8 Å². The average Bonchev–Trinajstić information content (AvgIpc) is 3.22. The van der Waals surface area contributed by atoms with Crippen LogP contribution >= 0.6 is 11.3 Å². The number of hydrogen-bond acceptors (Lipinski definition) is 4. The zero-order chi connectivity index (χ0) is 19.3. The number of aryl methyl sites for hydroxylation is 2. The van der Waals surface area contributed by atoms with E-state index in [2.05, 4.69) is 73.7 Å². The van der Waals surface area contributed by atoms with Crippen molar-refractivity contribution in [1.82, 2.24) is 15.0 Å². The lowest BCUT2D eigenvalue weighted by Crippen LogP contribution is -2.21. The molecule has 5 heteroatoms. The molecule has 0 fully saturated rings. The standard InChI is InChI=1S/C22H25N3OS/c1-13-17(6-7-18-20(13)23-24-25(18)5)19(22(2,3)4)15-10-14-8-9-27-21(14)16(11-15)12-26/h6-11,19,26H,12H2,1-5H3. The van der Waals surface area contributed by atoms with E-state index in [9.17, 15) is 5.11 Å². The fourth-order valence-corrected chi connectivity index (χ4v) is 5.06. The van der Waals surface area contributed by atoms with Crippen molar-refractivity contribution in [2.45, 2.75) is 40.2 Å². The molecule has 4 aromatic rings. The van der Waals surface area contributed by atoms with Crippen molar-refractivity contribution >= 4 is 32.5 Å². The Morgan fingerprint density at radius 3 is 2.67 bits per heavy atom. The Bertz CT molecular complexity index is 1130. The van der Waals surface area contributed by atoms with Crippen LogP contribution in [0.25, 0.3) is 21.1 Å². The maximum atomic E-state index is 9.92. The van der Waals surface area contributed by atoms with Gasteiger partial charge in [0.15, 0.2) is 0 Å². The summed E-state index contributed by atoms with van der Waals surface area (Å²) < 4.78 is 2.99. The van der Waals surface area contributed by atoms with Gasteiger partial charge in [-0.1, -0.05) is 38.1 Å². The van der Waals surface area contributed by atoms with Crippen molar-refractivity contribution in [3.8, 4) is 0 Å². The van der Waals surface area contributed by atoms with Gasteiger partial charge in [0.05, 0.1) is 12.1 Å². The summed E-state index contributed by atoms with van der Waals surface area (Å²) in [5.74, 6) is 0.193. The van der Waals surface area contributed by atoms with Gasteiger partial charge in [-0.3, -0.25) is 0 Å². The molecule has 0 saturated heterocycles. The lowest BCUT2D eigenvalue weighted by molar-refractivity contribution is 0.283. The van der Waals surface area contributed by atoms with Gasteiger partial charge in [-0.05, 0) is 63.6 Å². The van der Waals surface area contributed by atoms with Crippen LogP contribution in [0, 0.1) is 12.3 Å². The fraction of sp³-hybridized carbons (Fsp3) is 0.364. The first-order chi connectivity index (χ1) is 12.8. The second-order valence-corrected chi connectivity index (χ2v) is 9.25. The van der Waals surface area contributed by atoms with Gasteiger partial charge in [0.1, 0.15) is 5.52 Å². The minimum absolute atomic E-state index is 0.0110. The molecular formula is C22H25N3OS. The third kappa shape index (κ3) is 2.95. The zero-order valence-corrected chi connectivity index (χ0v) is 17.3. The van der Waals surface area contributed by atoms with E-state index >= 15 is 0 Å². The van der Waals surface area contributed by atoms with Gasteiger partial charge in [0.2, 0.25) is 0 Å². The first kappa shape index (κ1) is 18.1. The number of fused-ring (bicyclic) bond motifs is 2. The molecule has 0 bridgehead atoms. The van der Waals surface area contributed by atoms with E-state index in [0.717, 1.165) is 16.6 Å². The molecule has 140 valence electrons. The maximum absolute atomic E-state index is 9.92. The van der Waals surface area contributed by atoms with Crippen molar-refractivity contribution < 1.29 is 5.11 Å².